The van der Waals surface area contributed by atoms with E-state index in [1.807, 2.05) is 0 Å². The first kappa shape index (κ1) is 14.3. The van der Waals surface area contributed by atoms with Gasteiger partial charge in [-0.1, -0.05) is 6.42 Å². The van der Waals surface area contributed by atoms with Crippen molar-refractivity contribution in [1.29, 1.82) is 0 Å². The highest BCUT2D eigenvalue weighted by molar-refractivity contribution is 4.78. The fourth-order valence-electron chi connectivity index (χ4n) is 3.49. The number of piperidine rings is 1. The van der Waals surface area contributed by atoms with Crippen molar-refractivity contribution in [3.63, 3.8) is 0 Å². The third kappa shape index (κ3) is 4.22. The summed E-state index contributed by atoms with van der Waals surface area (Å²) in [5, 5.41) is 3.51. The normalized spacial score (nSPS) is 31.5. The number of hydrogen-bond donors (Lipinski definition) is 1. The Labute approximate surface area is 113 Å². The lowest BCUT2D eigenvalue weighted by molar-refractivity contribution is 0.144. The summed E-state index contributed by atoms with van der Waals surface area (Å²) in [6.45, 7) is 5.01. The molecule has 3 heteroatoms. The van der Waals surface area contributed by atoms with Crippen LogP contribution in [0.5, 0.6) is 0 Å². The maximum absolute atomic E-state index is 3.51. The lowest BCUT2D eigenvalue weighted by atomic mass is 9.99. The van der Waals surface area contributed by atoms with Crippen LogP contribution in [0.3, 0.4) is 0 Å². The van der Waals surface area contributed by atoms with Gasteiger partial charge in [0.15, 0.2) is 0 Å². The van der Waals surface area contributed by atoms with Gasteiger partial charge in [-0.2, -0.15) is 0 Å². The third-order valence-electron chi connectivity index (χ3n) is 4.91. The summed E-state index contributed by atoms with van der Waals surface area (Å²) in [6.07, 6.45) is 9.66. The first-order chi connectivity index (χ1) is 8.77. The van der Waals surface area contributed by atoms with Gasteiger partial charge in [0.25, 0.3) is 0 Å². The number of nitrogens with zero attached hydrogens (tertiary/aromatic N) is 2. The van der Waals surface area contributed by atoms with Crippen molar-refractivity contribution in [2.75, 3.05) is 40.3 Å². The first-order valence-corrected chi connectivity index (χ1v) is 7.88. The van der Waals surface area contributed by atoms with E-state index in [4.69, 9.17) is 0 Å². The Morgan fingerprint density at radius 1 is 1.11 bits per heavy atom. The van der Waals surface area contributed by atoms with Gasteiger partial charge in [0.1, 0.15) is 0 Å². The third-order valence-corrected chi connectivity index (χ3v) is 4.91. The van der Waals surface area contributed by atoms with Gasteiger partial charge in [-0.3, -0.25) is 0 Å². The second-order valence-electron chi connectivity index (χ2n) is 6.23. The van der Waals surface area contributed by atoms with Crippen LogP contribution in [0.15, 0.2) is 0 Å². The van der Waals surface area contributed by atoms with Crippen LogP contribution in [0.1, 0.15) is 44.9 Å². The van der Waals surface area contributed by atoms with Crippen LogP contribution in [0.4, 0.5) is 0 Å². The number of nitrogens with one attached hydrogen (secondary N) is 1. The molecule has 0 aromatic rings. The summed E-state index contributed by atoms with van der Waals surface area (Å²) < 4.78 is 0. The second-order valence-corrected chi connectivity index (χ2v) is 6.23. The zero-order valence-corrected chi connectivity index (χ0v) is 12.3. The Hall–Kier alpha value is -0.120. The minimum Gasteiger partial charge on any atom is -0.317 e. The zero-order valence-electron chi connectivity index (χ0n) is 12.3. The molecule has 2 unspecified atom stereocenters. The molecule has 0 aromatic carbocycles. The summed E-state index contributed by atoms with van der Waals surface area (Å²) in [5.74, 6) is 0. The molecular weight excluding hydrogens is 222 g/mol. The average Bonchev–Trinajstić information content (AvgIpc) is 2.66. The predicted molar refractivity (Wildman–Crippen MR) is 78.0 cm³/mol. The molecule has 2 rings (SSSR count). The smallest absolute Gasteiger partial charge is 0.0105 e. The SMILES string of the molecule is CN1CCCCC1CCN(C)C1CCCNCC1. The molecule has 0 amide bonds. The fraction of sp³-hybridized carbons (Fsp3) is 1.00. The van der Waals surface area contributed by atoms with E-state index in [1.165, 1.54) is 71.1 Å². The van der Waals surface area contributed by atoms with Crippen LogP contribution in [-0.4, -0.2) is 62.2 Å². The Morgan fingerprint density at radius 2 is 2.00 bits per heavy atom. The molecule has 2 aliphatic heterocycles. The van der Waals surface area contributed by atoms with Gasteiger partial charge >= 0.3 is 0 Å². The standard InChI is InChI=1S/C15H31N3/c1-17-12-4-3-6-15(17)9-13-18(2)14-7-5-10-16-11-8-14/h14-16H,3-13H2,1-2H3. The lowest BCUT2D eigenvalue weighted by Crippen LogP contribution is -2.40. The molecule has 0 radical (unpaired) electrons. The lowest BCUT2D eigenvalue weighted by Gasteiger charge is -2.35. The molecule has 106 valence electrons. The predicted octanol–water partition coefficient (Wildman–Crippen LogP) is 1.93. The number of likely N-dealkylation sites (tertiary alicyclic amines) is 1. The zero-order chi connectivity index (χ0) is 12.8. The van der Waals surface area contributed by atoms with Crippen LogP contribution >= 0.6 is 0 Å². The largest absolute Gasteiger partial charge is 0.317 e. The summed E-state index contributed by atoms with van der Waals surface area (Å²) >= 11 is 0. The van der Waals surface area contributed by atoms with Crippen molar-refractivity contribution in [2.24, 2.45) is 0 Å². The Morgan fingerprint density at radius 3 is 2.83 bits per heavy atom. The van der Waals surface area contributed by atoms with Crippen molar-refractivity contribution < 1.29 is 0 Å². The van der Waals surface area contributed by atoms with Crippen molar-refractivity contribution >= 4 is 0 Å². The molecule has 0 aromatic heterocycles. The van der Waals surface area contributed by atoms with Crippen LogP contribution in [0, 0.1) is 0 Å². The van der Waals surface area contributed by atoms with E-state index < -0.39 is 0 Å². The fourth-order valence-corrected chi connectivity index (χ4v) is 3.49. The molecule has 2 aliphatic rings. The minimum absolute atomic E-state index is 0.814. The molecule has 3 nitrogen and oxygen atoms in total. The summed E-state index contributed by atoms with van der Waals surface area (Å²) in [4.78, 5) is 5.20. The quantitative estimate of drug-likeness (QED) is 0.826. The van der Waals surface area contributed by atoms with Gasteiger partial charge < -0.3 is 15.1 Å². The van der Waals surface area contributed by atoms with Crippen molar-refractivity contribution in [2.45, 2.75) is 57.0 Å². The van der Waals surface area contributed by atoms with E-state index in [2.05, 4.69) is 29.2 Å². The summed E-state index contributed by atoms with van der Waals surface area (Å²) in [7, 11) is 4.64. The van der Waals surface area contributed by atoms with Crippen LogP contribution in [-0.2, 0) is 0 Å². The molecule has 0 spiro atoms. The van der Waals surface area contributed by atoms with Gasteiger partial charge in [-0.05, 0) is 78.8 Å². The van der Waals surface area contributed by atoms with Crippen LogP contribution < -0.4 is 5.32 Å². The number of hydrogen-bond acceptors (Lipinski definition) is 3. The van der Waals surface area contributed by atoms with Crippen molar-refractivity contribution in [1.82, 2.24) is 15.1 Å². The first-order valence-electron chi connectivity index (χ1n) is 7.88. The molecule has 2 atom stereocenters. The van der Waals surface area contributed by atoms with E-state index in [1.54, 1.807) is 0 Å². The van der Waals surface area contributed by atoms with E-state index in [9.17, 15) is 0 Å². The molecule has 18 heavy (non-hydrogen) atoms. The van der Waals surface area contributed by atoms with E-state index >= 15 is 0 Å². The van der Waals surface area contributed by atoms with Gasteiger partial charge in [0, 0.05) is 12.1 Å². The highest BCUT2D eigenvalue weighted by Crippen LogP contribution is 2.19. The van der Waals surface area contributed by atoms with Gasteiger partial charge in [0.2, 0.25) is 0 Å². The van der Waals surface area contributed by atoms with E-state index in [0.717, 1.165) is 12.1 Å². The molecule has 0 saturated carbocycles. The average molecular weight is 253 g/mol. The van der Waals surface area contributed by atoms with Crippen molar-refractivity contribution in [3.8, 4) is 0 Å². The van der Waals surface area contributed by atoms with Crippen LogP contribution in [0.25, 0.3) is 0 Å². The molecule has 0 aliphatic carbocycles. The van der Waals surface area contributed by atoms with E-state index in [-0.39, 0.29) is 0 Å². The molecule has 0 bridgehead atoms. The Bertz CT molecular complexity index is 224. The maximum atomic E-state index is 3.51. The molecule has 2 fully saturated rings. The topological polar surface area (TPSA) is 18.5 Å². The summed E-state index contributed by atoms with van der Waals surface area (Å²) in [6, 6.07) is 1.65. The minimum atomic E-state index is 0.814. The molecule has 2 heterocycles. The molecular formula is C15H31N3. The van der Waals surface area contributed by atoms with Crippen molar-refractivity contribution in [3.05, 3.63) is 0 Å². The summed E-state index contributed by atoms with van der Waals surface area (Å²) in [5.41, 5.74) is 0. The number of rotatable bonds is 4. The highest BCUT2D eigenvalue weighted by atomic mass is 15.2. The van der Waals surface area contributed by atoms with E-state index in [0.29, 0.717) is 0 Å². The Kier molecular flexibility index (Phi) is 5.93. The Balaban J connectivity index is 1.71. The monoisotopic (exact) mass is 253 g/mol. The van der Waals surface area contributed by atoms with Gasteiger partial charge in [0.05, 0.1) is 0 Å². The highest BCUT2D eigenvalue weighted by Gasteiger charge is 2.21. The molecule has 1 N–H and O–H groups in total. The van der Waals surface area contributed by atoms with Gasteiger partial charge in [-0.15, -0.1) is 0 Å². The molecule has 2 saturated heterocycles. The van der Waals surface area contributed by atoms with Crippen LogP contribution in [0.2, 0.25) is 0 Å². The van der Waals surface area contributed by atoms with Gasteiger partial charge in [-0.25, -0.2) is 0 Å². The second kappa shape index (κ2) is 7.46. The maximum Gasteiger partial charge on any atom is 0.0105 e.